The Morgan fingerprint density at radius 1 is 1.57 bits per heavy atom. The lowest BCUT2D eigenvalue weighted by atomic mass is 9.97. The van der Waals surface area contributed by atoms with Crippen molar-refractivity contribution < 1.29 is 4.74 Å². The molecule has 2 nitrogen and oxygen atoms in total. The molecule has 1 unspecified atom stereocenters. The summed E-state index contributed by atoms with van der Waals surface area (Å²) in [5.74, 6) is 1.31. The number of hydrogen-bond donors (Lipinski definition) is 1. The Kier molecular flexibility index (Phi) is 2.66. The molecule has 2 rings (SSSR count). The molecule has 0 fully saturated rings. The first-order valence-electron chi connectivity index (χ1n) is 4.87. The van der Waals surface area contributed by atoms with E-state index in [1.54, 1.807) is 0 Å². The Hall–Kier alpha value is -0.730. The fraction of sp³-hybridized carbons (Fsp3) is 0.455. The number of nitrogens with two attached hydrogens (primary N) is 1. The zero-order chi connectivity index (χ0) is 10.1. The molecule has 1 aromatic rings. The molecule has 14 heavy (non-hydrogen) atoms. The van der Waals surface area contributed by atoms with Gasteiger partial charge in [0, 0.05) is 11.4 Å². The van der Waals surface area contributed by atoms with E-state index < -0.39 is 0 Å². The Labute approximate surface area is 89.0 Å². The average Bonchev–Trinajstić information content (AvgIpc) is 2.62. The summed E-state index contributed by atoms with van der Waals surface area (Å²) in [6, 6.07) is 3.94. The van der Waals surface area contributed by atoms with Crippen molar-refractivity contribution in [1.82, 2.24) is 0 Å². The SMILES string of the molecule is CC(CN)c1cc(Cl)cc2c1OCC2. The Morgan fingerprint density at radius 3 is 3.07 bits per heavy atom. The van der Waals surface area contributed by atoms with E-state index in [0.29, 0.717) is 12.5 Å². The summed E-state index contributed by atoms with van der Waals surface area (Å²) in [6.45, 7) is 3.48. The van der Waals surface area contributed by atoms with Crippen molar-refractivity contribution in [2.24, 2.45) is 5.73 Å². The third-order valence-corrected chi connectivity index (χ3v) is 2.88. The summed E-state index contributed by atoms with van der Waals surface area (Å²) in [5, 5.41) is 0.782. The second kappa shape index (κ2) is 3.79. The van der Waals surface area contributed by atoms with Gasteiger partial charge in [0.1, 0.15) is 5.75 Å². The zero-order valence-electron chi connectivity index (χ0n) is 8.22. The van der Waals surface area contributed by atoms with Gasteiger partial charge in [-0.1, -0.05) is 18.5 Å². The number of benzene rings is 1. The maximum atomic E-state index is 6.03. The molecule has 1 atom stereocenters. The van der Waals surface area contributed by atoms with Crippen molar-refractivity contribution in [3.8, 4) is 5.75 Å². The first-order valence-corrected chi connectivity index (χ1v) is 5.25. The largest absolute Gasteiger partial charge is 0.493 e. The van der Waals surface area contributed by atoms with Crippen LogP contribution in [0, 0.1) is 0 Å². The van der Waals surface area contributed by atoms with Crippen molar-refractivity contribution in [3.05, 3.63) is 28.3 Å². The van der Waals surface area contributed by atoms with Crippen LogP contribution in [-0.4, -0.2) is 13.2 Å². The summed E-state index contributed by atoms with van der Waals surface area (Å²) in [6.07, 6.45) is 0.959. The molecule has 1 aliphatic heterocycles. The lowest BCUT2D eigenvalue weighted by Crippen LogP contribution is -2.10. The molecule has 0 aromatic heterocycles. The smallest absolute Gasteiger partial charge is 0.126 e. The fourth-order valence-electron chi connectivity index (χ4n) is 1.79. The van der Waals surface area contributed by atoms with Crippen LogP contribution < -0.4 is 10.5 Å². The second-order valence-corrected chi connectivity index (χ2v) is 4.15. The average molecular weight is 212 g/mol. The fourth-order valence-corrected chi connectivity index (χ4v) is 2.04. The van der Waals surface area contributed by atoms with Gasteiger partial charge in [-0.2, -0.15) is 0 Å². The van der Waals surface area contributed by atoms with Crippen LogP contribution in [0.5, 0.6) is 5.75 Å². The Bertz CT molecular complexity index is 351. The Balaban J connectivity index is 2.48. The van der Waals surface area contributed by atoms with E-state index in [4.69, 9.17) is 22.1 Å². The van der Waals surface area contributed by atoms with E-state index in [0.717, 1.165) is 29.4 Å². The van der Waals surface area contributed by atoms with E-state index in [1.807, 2.05) is 12.1 Å². The van der Waals surface area contributed by atoms with Gasteiger partial charge >= 0.3 is 0 Å². The van der Waals surface area contributed by atoms with Gasteiger partial charge in [-0.3, -0.25) is 0 Å². The number of halogens is 1. The molecule has 0 amide bonds. The van der Waals surface area contributed by atoms with Crippen LogP contribution in [0.2, 0.25) is 5.02 Å². The van der Waals surface area contributed by atoms with Gasteiger partial charge in [0.05, 0.1) is 6.61 Å². The number of hydrogen-bond acceptors (Lipinski definition) is 2. The molecule has 2 N–H and O–H groups in total. The van der Waals surface area contributed by atoms with Gasteiger partial charge in [0.25, 0.3) is 0 Å². The monoisotopic (exact) mass is 211 g/mol. The maximum Gasteiger partial charge on any atom is 0.126 e. The van der Waals surface area contributed by atoms with Gasteiger partial charge < -0.3 is 10.5 Å². The molecule has 3 heteroatoms. The van der Waals surface area contributed by atoms with Crippen molar-refractivity contribution in [2.45, 2.75) is 19.3 Å². The molecule has 1 aliphatic rings. The standard InChI is InChI=1S/C11H14ClNO/c1-7(6-13)10-5-9(12)4-8-2-3-14-11(8)10/h4-5,7H,2-3,6,13H2,1H3. The zero-order valence-corrected chi connectivity index (χ0v) is 8.97. The van der Waals surface area contributed by atoms with E-state index in [1.165, 1.54) is 5.56 Å². The minimum absolute atomic E-state index is 0.306. The van der Waals surface area contributed by atoms with Crippen LogP contribution in [0.25, 0.3) is 0 Å². The Morgan fingerprint density at radius 2 is 2.36 bits per heavy atom. The highest BCUT2D eigenvalue weighted by Gasteiger charge is 2.20. The summed E-state index contributed by atoms with van der Waals surface area (Å²) >= 11 is 6.03. The van der Waals surface area contributed by atoms with E-state index >= 15 is 0 Å². The van der Waals surface area contributed by atoms with Crippen LogP contribution in [0.15, 0.2) is 12.1 Å². The molecule has 0 spiro atoms. The third-order valence-electron chi connectivity index (χ3n) is 2.66. The molecule has 0 saturated heterocycles. The van der Waals surface area contributed by atoms with Crippen molar-refractivity contribution in [2.75, 3.05) is 13.2 Å². The second-order valence-electron chi connectivity index (χ2n) is 3.72. The number of ether oxygens (including phenoxy) is 1. The lowest BCUT2D eigenvalue weighted by molar-refractivity contribution is 0.351. The number of fused-ring (bicyclic) bond motifs is 1. The normalized spacial score (nSPS) is 16.2. The highest BCUT2D eigenvalue weighted by Crippen LogP contribution is 2.36. The molecular weight excluding hydrogens is 198 g/mol. The highest BCUT2D eigenvalue weighted by atomic mass is 35.5. The summed E-state index contributed by atoms with van der Waals surface area (Å²) < 4.78 is 5.59. The summed E-state index contributed by atoms with van der Waals surface area (Å²) in [5.41, 5.74) is 8.01. The van der Waals surface area contributed by atoms with Crippen molar-refractivity contribution in [3.63, 3.8) is 0 Å². The van der Waals surface area contributed by atoms with E-state index in [-0.39, 0.29) is 0 Å². The molecule has 76 valence electrons. The summed E-state index contributed by atoms with van der Waals surface area (Å²) in [4.78, 5) is 0. The van der Waals surface area contributed by atoms with Crippen molar-refractivity contribution in [1.29, 1.82) is 0 Å². The minimum Gasteiger partial charge on any atom is -0.493 e. The predicted molar refractivity (Wildman–Crippen MR) is 58.1 cm³/mol. The van der Waals surface area contributed by atoms with Gasteiger partial charge in [-0.05, 0) is 35.7 Å². The molecule has 0 aliphatic carbocycles. The molecule has 0 bridgehead atoms. The van der Waals surface area contributed by atoms with Crippen LogP contribution in [0.1, 0.15) is 24.0 Å². The maximum absolute atomic E-state index is 6.03. The van der Waals surface area contributed by atoms with Gasteiger partial charge in [-0.25, -0.2) is 0 Å². The lowest BCUT2D eigenvalue weighted by Gasteiger charge is -2.13. The third kappa shape index (κ3) is 1.60. The minimum atomic E-state index is 0.306. The molecular formula is C11H14ClNO. The van der Waals surface area contributed by atoms with E-state index in [2.05, 4.69) is 6.92 Å². The van der Waals surface area contributed by atoms with Crippen LogP contribution in [0.3, 0.4) is 0 Å². The van der Waals surface area contributed by atoms with Crippen LogP contribution in [0.4, 0.5) is 0 Å². The topological polar surface area (TPSA) is 35.2 Å². The first-order chi connectivity index (χ1) is 6.72. The number of rotatable bonds is 2. The molecule has 1 aromatic carbocycles. The van der Waals surface area contributed by atoms with Gasteiger partial charge in [-0.15, -0.1) is 0 Å². The highest BCUT2D eigenvalue weighted by molar-refractivity contribution is 6.30. The van der Waals surface area contributed by atoms with Crippen LogP contribution >= 0.6 is 11.6 Å². The van der Waals surface area contributed by atoms with Crippen molar-refractivity contribution >= 4 is 11.6 Å². The summed E-state index contributed by atoms with van der Waals surface area (Å²) in [7, 11) is 0. The molecule has 0 saturated carbocycles. The van der Waals surface area contributed by atoms with Gasteiger partial charge in [0.2, 0.25) is 0 Å². The van der Waals surface area contributed by atoms with Gasteiger partial charge in [0.15, 0.2) is 0 Å². The predicted octanol–water partition coefficient (Wildman–Crippen LogP) is 2.34. The molecule has 1 heterocycles. The van der Waals surface area contributed by atoms with E-state index in [9.17, 15) is 0 Å². The van der Waals surface area contributed by atoms with Crippen LogP contribution in [-0.2, 0) is 6.42 Å². The molecule has 0 radical (unpaired) electrons. The first kappa shape index (κ1) is 9.81. The quantitative estimate of drug-likeness (QED) is 0.815.